The third kappa shape index (κ3) is 3.65. The van der Waals surface area contributed by atoms with Crippen LogP contribution in [0.25, 0.3) is 0 Å². The van der Waals surface area contributed by atoms with Crippen molar-refractivity contribution >= 4 is 16.0 Å². The second-order valence-corrected chi connectivity index (χ2v) is 7.33. The number of rotatable bonds is 6. The molecule has 1 fully saturated rings. The average Bonchev–Trinajstić information content (AvgIpc) is 3.01. The van der Waals surface area contributed by atoms with Gasteiger partial charge in [0.2, 0.25) is 10.0 Å². The molecule has 23 heavy (non-hydrogen) atoms. The smallest absolute Gasteiger partial charge is 0.341 e. The van der Waals surface area contributed by atoms with E-state index >= 15 is 0 Å². The first kappa shape index (κ1) is 17.7. The number of hydrogen-bond donors (Lipinski definition) is 2. The number of carbonyl (C=O) groups excluding carboxylic acids is 1. The van der Waals surface area contributed by atoms with E-state index < -0.39 is 21.5 Å². The molecular weight excluding hydrogens is 320 g/mol. The van der Waals surface area contributed by atoms with Crippen LogP contribution < -0.4 is 15.2 Å². The number of hydrogen-bond acceptors (Lipinski definition) is 6. The van der Waals surface area contributed by atoms with Gasteiger partial charge in [0.1, 0.15) is 11.3 Å². The molecule has 7 nitrogen and oxygen atoms in total. The molecule has 0 aliphatic heterocycles. The molecular formula is C15H22N2O5S. The summed E-state index contributed by atoms with van der Waals surface area (Å²) < 4.78 is 37.8. The number of nitrogens with one attached hydrogen (secondary N) is 1. The molecule has 128 valence electrons. The van der Waals surface area contributed by atoms with Gasteiger partial charge in [-0.05, 0) is 31.0 Å². The molecule has 0 unspecified atom stereocenters. The van der Waals surface area contributed by atoms with Crippen LogP contribution in [0, 0.1) is 0 Å². The van der Waals surface area contributed by atoms with Crippen molar-refractivity contribution in [3.8, 4) is 5.75 Å². The van der Waals surface area contributed by atoms with Crippen molar-refractivity contribution in [3.63, 3.8) is 0 Å². The van der Waals surface area contributed by atoms with Gasteiger partial charge >= 0.3 is 5.97 Å². The van der Waals surface area contributed by atoms with Crippen molar-refractivity contribution in [3.05, 3.63) is 23.8 Å². The summed E-state index contributed by atoms with van der Waals surface area (Å²) >= 11 is 0. The monoisotopic (exact) mass is 342 g/mol. The Hall–Kier alpha value is -1.64. The van der Waals surface area contributed by atoms with Gasteiger partial charge in [0, 0.05) is 12.1 Å². The van der Waals surface area contributed by atoms with Gasteiger partial charge < -0.3 is 15.2 Å². The van der Waals surface area contributed by atoms with Crippen LogP contribution in [-0.4, -0.2) is 40.7 Å². The molecule has 0 saturated heterocycles. The van der Waals surface area contributed by atoms with Gasteiger partial charge in [0.05, 0.1) is 19.1 Å². The third-order valence-corrected chi connectivity index (χ3v) is 5.77. The van der Waals surface area contributed by atoms with E-state index in [0.29, 0.717) is 12.8 Å². The molecule has 1 aromatic rings. The summed E-state index contributed by atoms with van der Waals surface area (Å²) in [6, 6.07) is 4.09. The first-order chi connectivity index (χ1) is 10.9. The fraction of sp³-hybridized carbons (Fsp3) is 0.533. The third-order valence-electron chi connectivity index (χ3n) is 4.19. The molecule has 3 N–H and O–H groups in total. The highest BCUT2D eigenvalue weighted by Gasteiger charge is 2.37. The zero-order valence-corrected chi connectivity index (χ0v) is 14.1. The summed E-state index contributed by atoms with van der Waals surface area (Å²) in [5.74, 6) is -0.404. The molecule has 2 rings (SSSR count). The molecule has 1 saturated carbocycles. The van der Waals surface area contributed by atoms with Crippen LogP contribution in [0.15, 0.2) is 23.1 Å². The molecule has 0 aromatic heterocycles. The minimum atomic E-state index is -3.80. The van der Waals surface area contributed by atoms with Crippen molar-refractivity contribution < 1.29 is 22.7 Å². The molecule has 1 aliphatic rings. The lowest BCUT2D eigenvalue weighted by atomic mass is 10.0. The molecule has 0 bridgehead atoms. The van der Waals surface area contributed by atoms with Gasteiger partial charge in [-0.3, -0.25) is 0 Å². The maximum absolute atomic E-state index is 12.7. The van der Waals surface area contributed by atoms with Crippen LogP contribution in [0.1, 0.15) is 36.0 Å². The normalized spacial score (nSPS) is 17.0. The number of benzene rings is 1. The highest BCUT2D eigenvalue weighted by atomic mass is 32.2. The van der Waals surface area contributed by atoms with Crippen LogP contribution in [0.4, 0.5) is 0 Å². The number of esters is 1. The van der Waals surface area contributed by atoms with Crippen LogP contribution in [-0.2, 0) is 14.8 Å². The zero-order valence-electron chi connectivity index (χ0n) is 13.3. The predicted octanol–water partition coefficient (Wildman–Crippen LogP) is 1.03. The van der Waals surface area contributed by atoms with Crippen molar-refractivity contribution in [2.24, 2.45) is 5.73 Å². The number of methoxy groups -OCH3 is 2. The number of sulfonamides is 1. The van der Waals surface area contributed by atoms with Crippen LogP contribution in [0.2, 0.25) is 0 Å². The number of nitrogens with two attached hydrogens (primary N) is 1. The lowest BCUT2D eigenvalue weighted by Crippen LogP contribution is -2.51. The lowest BCUT2D eigenvalue weighted by Gasteiger charge is -2.28. The van der Waals surface area contributed by atoms with Gasteiger partial charge in [-0.2, -0.15) is 0 Å². The predicted molar refractivity (Wildman–Crippen MR) is 84.9 cm³/mol. The Balaban J connectivity index is 2.38. The first-order valence-corrected chi connectivity index (χ1v) is 8.86. The number of carbonyl (C=O) groups is 1. The van der Waals surface area contributed by atoms with Gasteiger partial charge in [-0.15, -0.1) is 0 Å². The Bertz CT molecular complexity index is 681. The zero-order chi connectivity index (χ0) is 17.1. The summed E-state index contributed by atoms with van der Waals surface area (Å²) in [5.41, 5.74) is 5.23. The highest BCUT2D eigenvalue weighted by Crippen LogP contribution is 2.31. The molecule has 0 atom stereocenters. The summed E-state index contributed by atoms with van der Waals surface area (Å²) in [4.78, 5) is 11.8. The Labute approximate surface area is 136 Å². The standard InChI is InChI=1S/C15H22N2O5S/c1-21-13-6-5-11(9-12(13)14(18)22-2)23(19,20)17-15(10-16)7-3-4-8-15/h5-6,9,17H,3-4,7-8,10,16H2,1-2H3. The van der Waals surface area contributed by atoms with Crippen LogP contribution >= 0.6 is 0 Å². The average molecular weight is 342 g/mol. The maximum Gasteiger partial charge on any atom is 0.341 e. The van der Waals surface area contributed by atoms with Crippen molar-refractivity contribution in [2.45, 2.75) is 36.1 Å². The van der Waals surface area contributed by atoms with Crippen molar-refractivity contribution in [1.29, 1.82) is 0 Å². The second-order valence-electron chi connectivity index (χ2n) is 5.65. The Morgan fingerprint density at radius 3 is 2.48 bits per heavy atom. The minimum absolute atomic E-state index is 0.0153. The molecule has 0 heterocycles. The van der Waals surface area contributed by atoms with E-state index in [1.165, 1.54) is 32.4 Å². The highest BCUT2D eigenvalue weighted by molar-refractivity contribution is 7.89. The second kappa shape index (κ2) is 6.86. The topological polar surface area (TPSA) is 108 Å². The quantitative estimate of drug-likeness (QED) is 0.748. The summed E-state index contributed by atoms with van der Waals surface area (Å²) in [6.45, 7) is 0.242. The maximum atomic E-state index is 12.7. The Morgan fingerprint density at radius 2 is 1.96 bits per heavy atom. The van der Waals surface area contributed by atoms with Gasteiger partial charge in [-0.1, -0.05) is 12.8 Å². The minimum Gasteiger partial charge on any atom is -0.496 e. The molecule has 0 radical (unpaired) electrons. The van der Waals surface area contributed by atoms with E-state index in [0.717, 1.165) is 12.8 Å². The summed E-state index contributed by atoms with van der Waals surface area (Å²) in [7, 11) is -1.17. The van der Waals surface area contributed by atoms with Crippen molar-refractivity contribution in [2.75, 3.05) is 20.8 Å². The number of ether oxygens (including phenoxy) is 2. The van der Waals surface area contributed by atoms with E-state index in [4.69, 9.17) is 10.5 Å². The van der Waals surface area contributed by atoms with Gasteiger partial charge in [-0.25, -0.2) is 17.9 Å². The van der Waals surface area contributed by atoms with E-state index in [-0.39, 0.29) is 22.8 Å². The van der Waals surface area contributed by atoms with Gasteiger partial charge in [0.15, 0.2) is 0 Å². The van der Waals surface area contributed by atoms with E-state index in [1.807, 2.05) is 0 Å². The summed E-state index contributed by atoms with van der Waals surface area (Å²) in [6.07, 6.45) is 3.30. The largest absolute Gasteiger partial charge is 0.496 e. The van der Waals surface area contributed by atoms with Crippen molar-refractivity contribution in [1.82, 2.24) is 4.72 Å². The SMILES string of the molecule is COC(=O)c1cc(S(=O)(=O)NC2(CN)CCCC2)ccc1OC. The first-order valence-electron chi connectivity index (χ1n) is 7.38. The van der Waals surface area contributed by atoms with Crippen LogP contribution in [0.5, 0.6) is 5.75 Å². The van der Waals surface area contributed by atoms with Crippen LogP contribution in [0.3, 0.4) is 0 Å². The molecule has 8 heteroatoms. The fourth-order valence-corrected chi connectivity index (χ4v) is 4.36. The molecule has 0 spiro atoms. The van der Waals surface area contributed by atoms with E-state index in [9.17, 15) is 13.2 Å². The molecule has 1 aromatic carbocycles. The lowest BCUT2D eigenvalue weighted by molar-refractivity contribution is 0.0597. The Kier molecular flexibility index (Phi) is 5.28. The van der Waals surface area contributed by atoms with E-state index in [2.05, 4.69) is 9.46 Å². The molecule has 1 aliphatic carbocycles. The van der Waals surface area contributed by atoms with E-state index in [1.54, 1.807) is 0 Å². The fourth-order valence-electron chi connectivity index (χ4n) is 2.87. The van der Waals surface area contributed by atoms with Gasteiger partial charge in [0.25, 0.3) is 0 Å². The Morgan fingerprint density at radius 1 is 1.30 bits per heavy atom. The molecule has 0 amide bonds. The summed E-state index contributed by atoms with van der Waals surface area (Å²) in [5, 5.41) is 0.